The maximum atomic E-state index is 12.3. The van der Waals surface area contributed by atoms with E-state index in [-0.39, 0.29) is 6.61 Å². The third-order valence-electron chi connectivity index (χ3n) is 2.07. The van der Waals surface area contributed by atoms with Gasteiger partial charge in [-0.15, -0.1) is 13.2 Å². The zero-order chi connectivity index (χ0) is 16.2. The maximum Gasteiger partial charge on any atom is 0.573 e. The first-order chi connectivity index (χ1) is 9.71. The highest BCUT2D eigenvalue weighted by Gasteiger charge is 2.38. The molecule has 0 spiro atoms. The number of ether oxygens (including phenoxy) is 3. The van der Waals surface area contributed by atoms with Gasteiger partial charge in [-0.2, -0.15) is 0 Å². The van der Waals surface area contributed by atoms with Crippen molar-refractivity contribution in [1.29, 1.82) is 0 Å². The summed E-state index contributed by atoms with van der Waals surface area (Å²) in [5.41, 5.74) is -2.09. The van der Waals surface area contributed by atoms with Crippen molar-refractivity contribution < 1.29 is 37.1 Å². The Balaban J connectivity index is 3.54. The quantitative estimate of drug-likeness (QED) is 0.466. The number of methoxy groups -OCH3 is 1. The van der Waals surface area contributed by atoms with Crippen molar-refractivity contribution in [3.05, 3.63) is 21.9 Å². The molecule has 0 radical (unpaired) electrons. The molecule has 1 aromatic heterocycles. The second kappa shape index (κ2) is 6.24. The van der Waals surface area contributed by atoms with Gasteiger partial charge in [-0.05, 0) is 6.92 Å². The summed E-state index contributed by atoms with van der Waals surface area (Å²) in [6, 6.07) is 0. The standard InChI is InChI=1S/C10H9F3N2O6/c1-3-20-9(16)6-5(21-10(11,12)13)4-14-8(19-2)7(6)15(17)18/h4H,3H2,1-2H3. The minimum atomic E-state index is -5.16. The van der Waals surface area contributed by atoms with Gasteiger partial charge in [-0.3, -0.25) is 10.1 Å². The van der Waals surface area contributed by atoms with Crippen LogP contribution in [-0.2, 0) is 4.74 Å². The number of alkyl halides is 3. The lowest BCUT2D eigenvalue weighted by Crippen LogP contribution is -2.21. The van der Waals surface area contributed by atoms with Crippen LogP contribution < -0.4 is 9.47 Å². The molecule has 1 aromatic rings. The summed E-state index contributed by atoms with van der Waals surface area (Å²) in [5, 5.41) is 11.0. The van der Waals surface area contributed by atoms with Crippen molar-refractivity contribution in [2.45, 2.75) is 13.3 Å². The summed E-state index contributed by atoms with van der Waals surface area (Å²) < 4.78 is 49.5. The monoisotopic (exact) mass is 310 g/mol. The minimum Gasteiger partial charge on any atom is -0.476 e. The highest BCUT2D eigenvalue weighted by atomic mass is 19.4. The van der Waals surface area contributed by atoms with Crippen LogP contribution in [0.1, 0.15) is 17.3 Å². The van der Waals surface area contributed by atoms with Crippen LogP contribution in [0.15, 0.2) is 6.20 Å². The Morgan fingerprint density at radius 2 is 2.10 bits per heavy atom. The third kappa shape index (κ3) is 3.94. The van der Waals surface area contributed by atoms with Crippen molar-refractivity contribution in [2.75, 3.05) is 13.7 Å². The number of hydrogen-bond donors (Lipinski definition) is 0. The van der Waals surface area contributed by atoms with E-state index in [0.717, 1.165) is 7.11 Å². The second-order valence-electron chi connectivity index (χ2n) is 3.38. The Morgan fingerprint density at radius 3 is 2.52 bits per heavy atom. The molecule has 0 N–H and O–H groups in total. The topological polar surface area (TPSA) is 101 Å². The SMILES string of the molecule is CCOC(=O)c1c(OC(F)(F)F)cnc(OC)c1[N+](=O)[O-]. The minimum absolute atomic E-state index is 0.202. The number of nitro groups is 1. The molecular formula is C10H9F3N2O6. The fourth-order valence-electron chi connectivity index (χ4n) is 1.39. The summed E-state index contributed by atoms with van der Waals surface area (Å²) in [7, 11) is 1.01. The fourth-order valence-corrected chi connectivity index (χ4v) is 1.39. The Kier molecular flexibility index (Phi) is 4.89. The van der Waals surface area contributed by atoms with E-state index in [2.05, 4.69) is 19.2 Å². The van der Waals surface area contributed by atoms with Crippen LogP contribution in [0.25, 0.3) is 0 Å². The lowest BCUT2D eigenvalue weighted by atomic mass is 10.2. The first-order valence-corrected chi connectivity index (χ1v) is 5.35. The molecule has 11 heteroatoms. The number of hydrogen-bond acceptors (Lipinski definition) is 7. The molecule has 0 aliphatic heterocycles. The van der Waals surface area contributed by atoms with Crippen molar-refractivity contribution in [3.8, 4) is 11.6 Å². The number of carbonyl (C=O) groups excluding carboxylic acids is 1. The van der Waals surface area contributed by atoms with Crippen LogP contribution in [0.2, 0.25) is 0 Å². The van der Waals surface area contributed by atoms with Gasteiger partial charge >= 0.3 is 18.0 Å². The van der Waals surface area contributed by atoms with Gasteiger partial charge in [0.2, 0.25) is 0 Å². The summed E-state index contributed by atoms with van der Waals surface area (Å²) in [5.74, 6) is -3.14. The summed E-state index contributed by atoms with van der Waals surface area (Å²) >= 11 is 0. The van der Waals surface area contributed by atoms with E-state index in [0.29, 0.717) is 6.20 Å². The largest absolute Gasteiger partial charge is 0.573 e. The van der Waals surface area contributed by atoms with Crippen LogP contribution in [-0.4, -0.2) is 36.0 Å². The molecule has 0 amide bonds. The van der Waals surface area contributed by atoms with Gasteiger partial charge < -0.3 is 14.2 Å². The average Bonchev–Trinajstić information content (AvgIpc) is 2.36. The molecular weight excluding hydrogens is 301 g/mol. The Morgan fingerprint density at radius 1 is 1.48 bits per heavy atom. The van der Waals surface area contributed by atoms with Gasteiger partial charge in [0.05, 0.1) is 24.8 Å². The molecule has 0 atom stereocenters. The van der Waals surface area contributed by atoms with Crippen LogP contribution >= 0.6 is 0 Å². The van der Waals surface area contributed by atoms with Crippen molar-refractivity contribution in [3.63, 3.8) is 0 Å². The molecule has 1 heterocycles. The van der Waals surface area contributed by atoms with Gasteiger partial charge in [0.1, 0.15) is 0 Å². The number of halogens is 3. The fraction of sp³-hybridized carbons (Fsp3) is 0.400. The zero-order valence-electron chi connectivity index (χ0n) is 10.8. The van der Waals surface area contributed by atoms with E-state index in [4.69, 9.17) is 0 Å². The lowest BCUT2D eigenvalue weighted by molar-refractivity contribution is -0.386. The second-order valence-corrected chi connectivity index (χ2v) is 3.38. The Hall–Kier alpha value is -2.59. The molecule has 8 nitrogen and oxygen atoms in total. The molecule has 21 heavy (non-hydrogen) atoms. The number of pyridine rings is 1. The molecule has 0 fully saturated rings. The lowest BCUT2D eigenvalue weighted by Gasteiger charge is -2.13. The van der Waals surface area contributed by atoms with E-state index in [9.17, 15) is 28.1 Å². The molecule has 0 saturated carbocycles. The van der Waals surface area contributed by atoms with E-state index >= 15 is 0 Å². The Bertz CT molecular complexity index is 560. The van der Waals surface area contributed by atoms with E-state index < -0.39 is 40.1 Å². The molecule has 116 valence electrons. The zero-order valence-corrected chi connectivity index (χ0v) is 10.8. The van der Waals surface area contributed by atoms with Gasteiger partial charge in [0.15, 0.2) is 11.3 Å². The van der Waals surface area contributed by atoms with Crippen LogP contribution in [0, 0.1) is 10.1 Å². The smallest absolute Gasteiger partial charge is 0.476 e. The first kappa shape index (κ1) is 16.5. The highest BCUT2D eigenvalue weighted by Crippen LogP contribution is 2.37. The predicted octanol–water partition coefficient (Wildman–Crippen LogP) is 2.07. The molecule has 0 unspecified atom stereocenters. The van der Waals surface area contributed by atoms with Crippen LogP contribution in [0.5, 0.6) is 11.6 Å². The summed E-state index contributed by atoms with van der Waals surface area (Å²) in [6.07, 6.45) is -4.67. The third-order valence-corrected chi connectivity index (χ3v) is 2.07. The van der Waals surface area contributed by atoms with E-state index in [1.54, 1.807) is 0 Å². The van der Waals surface area contributed by atoms with Gasteiger partial charge in [0, 0.05) is 0 Å². The van der Waals surface area contributed by atoms with E-state index in [1.807, 2.05) is 0 Å². The van der Waals surface area contributed by atoms with Gasteiger partial charge in [-0.25, -0.2) is 9.78 Å². The molecule has 0 bridgehead atoms. The first-order valence-electron chi connectivity index (χ1n) is 5.35. The van der Waals surface area contributed by atoms with Gasteiger partial charge in [-0.1, -0.05) is 0 Å². The number of nitrogens with zero attached hydrogens (tertiary/aromatic N) is 2. The molecule has 1 rings (SSSR count). The number of rotatable bonds is 5. The molecule has 0 aliphatic carbocycles. The maximum absolute atomic E-state index is 12.3. The summed E-state index contributed by atoms with van der Waals surface area (Å²) in [6.45, 7) is 1.18. The number of aromatic nitrogens is 1. The number of esters is 1. The highest BCUT2D eigenvalue weighted by molar-refractivity contribution is 5.97. The van der Waals surface area contributed by atoms with Crippen molar-refractivity contribution in [1.82, 2.24) is 4.98 Å². The number of carbonyl (C=O) groups is 1. The van der Waals surface area contributed by atoms with Crippen molar-refractivity contribution >= 4 is 11.7 Å². The van der Waals surface area contributed by atoms with E-state index in [1.165, 1.54) is 6.92 Å². The molecule has 0 saturated heterocycles. The summed E-state index contributed by atoms with van der Waals surface area (Å²) in [4.78, 5) is 24.9. The van der Waals surface area contributed by atoms with Crippen molar-refractivity contribution in [2.24, 2.45) is 0 Å². The normalized spacial score (nSPS) is 10.9. The van der Waals surface area contributed by atoms with Gasteiger partial charge in [0.25, 0.3) is 5.88 Å². The predicted molar refractivity (Wildman–Crippen MR) is 60.1 cm³/mol. The van der Waals surface area contributed by atoms with Crippen LogP contribution in [0.4, 0.5) is 18.9 Å². The molecule has 0 aliphatic rings. The average molecular weight is 310 g/mol. The Labute approximate surface area is 115 Å². The van der Waals surface area contributed by atoms with Crippen LogP contribution in [0.3, 0.4) is 0 Å². The molecule has 0 aromatic carbocycles.